The highest BCUT2D eigenvalue weighted by molar-refractivity contribution is 6.36. The lowest BCUT2D eigenvalue weighted by Gasteiger charge is -2.45. The zero-order valence-corrected chi connectivity index (χ0v) is 59.4. The number of hydrogen-bond donors (Lipinski definition) is 9. The maximum atomic E-state index is 14.2. The molecule has 27 heteroatoms. The number of carboxylic acid groups (broad SMARTS) is 1. The van der Waals surface area contributed by atoms with Crippen molar-refractivity contribution in [3.63, 3.8) is 0 Å². The Morgan fingerprint density at radius 3 is 2.14 bits per heavy atom. The molecule has 7 amide bonds. The lowest BCUT2D eigenvalue weighted by molar-refractivity contribution is -0.142. The van der Waals surface area contributed by atoms with Gasteiger partial charge in [-0.3, -0.25) is 43.3 Å². The molecular weight excluding hydrogens is 1350 g/mol. The number of nitrogens with zero attached hydrogens (tertiary/aromatic N) is 7. The zero-order valence-electron chi connectivity index (χ0n) is 59.4. The SMILES string of the molecule is COc1ccc(C#CCNC2(C)CCN(C3CCN(c4nc([C@@](CO)(OC5CC5)c5ccccc5)c5cc(-c6cn(C)c(=O)c7[nH]ccc67)ccc5n4)CC3)CC2)cc1N1CCC(=O)N(CNC(=O)[C@H](CC(=O)O)NC(=O)[C@H](CO)NC(=O)[C@@H](C)NC(=O)C(=O)CC2c3ccccc3-c3ccccc32)C1=O. The summed E-state index contributed by atoms with van der Waals surface area (Å²) in [7, 11) is 3.17. The van der Waals surface area contributed by atoms with Gasteiger partial charge in [0.15, 0.2) is 5.60 Å². The average Bonchev–Trinajstić information content (AvgIpc) is 0.772. The zero-order chi connectivity index (χ0) is 74.6. The van der Waals surface area contributed by atoms with Crippen LogP contribution in [0.4, 0.5) is 16.4 Å². The standard InChI is InChI=1S/C79H85N13O14/c1-47(83-74(102)65(95)41-58-55-18-10-8-16-53(55)54-17-9-11-19-56(54)58)71(99)85-63(44-93)73(101)84-62(42-68(97)98)72(100)81-46-92-67(96)29-36-91(77(92)104)64-39-48(20-25-66(64)105-4)13-12-32-82-78(2)30-37-89(38-31-78)51-27-34-90(35-28-51)76-86-61-24-21-49(60-43-88(3)75(103)69-57(60)26-33-80-69)40-59(61)70(87-76)79(45-94,106-52-22-23-52)50-14-6-5-7-15-50/h5-11,14-21,24-26,33,39-40,43,47,51-52,58,62-63,80,82,93-94H,22-23,27-32,34-38,41-42,44-46H2,1-4H3,(H,81,100)(H,83,102)(H,84,101)(H,85,99)(H,97,98)/t47-,62+,63+,79+/m1/s1. The number of aliphatic hydroxyl groups is 2. The normalized spacial score (nSPS) is 17.5. The van der Waals surface area contributed by atoms with E-state index in [1.54, 1.807) is 36.0 Å². The quantitative estimate of drug-likeness (QED) is 0.0245. The minimum absolute atomic E-state index is 0.0412. The van der Waals surface area contributed by atoms with E-state index in [1.165, 1.54) is 18.9 Å². The minimum Gasteiger partial charge on any atom is -0.495 e. The van der Waals surface area contributed by atoms with Gasteiger partial charge in [-0.25, -0.2) is 19.7 Å². The molecule has 5 aromatic carbocycles. The van der Waals surface area contributed by atoms with Gasteiger partial charge in [0.2, 0.25) is 35.4 Å². The molecule has 0 bridgehead atoms. The molecule has 8 aromatic rings. The molecule has 13 rings (SSSR count). The Kier molecular flexibility index (Phi) is 21.6. The topological polar surface area (TPSA) is 352 Å². The summed E-state index contributed by atoms with van der Waals surface area (Å²) in [5, 5.41) is 46.0. The van der Waals surface area contributed by atoms with Crippen LogP contribution in [0, 0.1) is 11.8 Å². The molecule has 1 saturated carbocycles. The Labute approximate surface area is 611 Å². The highest BCUT2D eigenvalue weighted by Crippen LogP contribution is 2.47. The predicted molar refractivity (Wildman–Crippen MR) is 394 cm³/mol. The molecule has 0 unspecified atom stereocenters. The van der Waals surface area contributed by atoms with Crippen molar-refractivity contribution in [3.05, 3.63) is 172 Å². The van der Waals surface area contributed by atoms with Crippen molar-refractivity contribution in [1.29, 1.82) is 0 Å². The number of pyridine rings is 1. The number of carbonyl (C=O) groups excluding carboxylic acids is 7. The van der Waals surface area contributed by atoms with Crippen molar-refractivity contribution in [1.82, 2.24) is 55.9 Å². The van der Waals surface area contributed by atoms with Crippen molar-refractivity contribution in [3.8, 4) is 39.8 Å². The third-order valence-electron chi connectivity index (χ3n) is 21.0. The van der Waals surface area contributed by atoms with Crippen molar-refractivity contribution < 1.29 is 63.1 Å². The number of benzene rings is 5. The Morgan fingerprint density at radius 2 is 1.46 bits per heavy atom. The van der Waals surface area contributed by atoms with Crippen molar-refractivity contribution in [2.45, 2.75) is 119 Å². The summed E-state index contributed by atoms with van der Waals surface area (Å²) >= 11 is 0. The summed E-state index contributed by atoms with van der Waals surface area (Å²) in [4.78, 5) is 140. The number of piperidine rings is 2. The van der Waals surface area contributed by atoms with E-state index in [2.05, 4.69) is 66.2 Å². The van der Waals surface area contributed by atoms with Crippen LogP contribution in [0.25, 0.3) is 44.1 Å². The van der Waals surface area contributed by atoms with E-state index >= 15 is 0 Å². The number of aliphatic carboxylic acids is 1. The van der Waals surface area contributed by atoms with Gasteiger partial charge in [-0.15, -0.1) is 0 Å². The number of hydrogen-bond acceptors (Lipinski definition) is 18. The maximum absolute atomic E-state index is 14.2. The van der Waals surface area contributed by atoms with Crippen molar-refractivity contribution in [2.75, 3.05) is 76.1 Å². The number of aromatic amines is 1. The molecule has 4 fully saturated rings. The van der Waals surface area contributed by atoms with Crippen LogP contribution in [0.1, 0.15) is 106 Å². The number of anilines is 2. The van der Waals surface area contributed by atoms with Crippen LogP contribution < -0.4 is 46.7 Å². The van der Waals surface area contributed by atoms with Gasteiger partial charge in [-0.2, -0.15) is 0 Å². The molecule has 3 aromatic heterocycles. The van der Waals surface area contributed by atoms with Crippen molar-refractivity contribution >= 4 is 80.8 Å². The Morgan fingerprint density at radius 1 is 0.764 bits per heavy atom. The van der Waals surface area contributed by atoms with Crippen LogP contribution in [0.5, 0.6) is 5.75 Å². The van der Waals surface area contributed by atoms with E-state index in [9.17, 15) is 58.5 Å². The van der Waals surface area contributed by atoms with Gasteiger partial charge < -0.3 is 70.7 Å². The second-order valence-electron chi connectivity index (χ2n) is 28.0. The molecule has 0 radical (unpaired) electrons. The molecule has 5 aliphatic rings. The number of Topliss-reactive ketones (excluding diaryl/α,β-unsaturated/α-hetero) is 1. The molecule has 6 heterocycles. The number of carboxylic acids is 1. The average molecular weight is 1440 g/mol. The first-order chi connectivity index (χ1) is 51.2. The van der Waals surface area contributed by atoms with Gasteiger partial charge in [0.25, 0.3) is 11.5 Å². The van der Waals surface area contributed by atoms with E-state index < -0.39 is 96.7 Å². The number of carbonyl (C=O) groups is 8. The molecule has 4 atom stereocenters. The molecule has 2 aliphatic carbocycles. The maximum Gasteiger partial charge on any atom is 0.332 e. The van der Waals surface area contributed by atoms with Gasteiger partial charge in [0.1, 0.15) is 36.1 Å². The first kappa shape index (κ1) is 73.2. The van der Waals surface area contributed by atoms with Crippen molar-refractivity contribution in [2.24, 2.45) is 7.05 Å². The molecule has 106 heavy (non-hydrogen) atoms. The number of rotatable bonds is 26. The highest BCUT2D eigenvalue weighted by atomic mass is 16.5. The number of aliphatic hydroxyl groups excluding tert-OH is 2. The molecule has 9 N–H and O–H groups in total. The fourth-order valence-electron chi connectivity index (χ4n) is 14.8. The van der Waals surface area contributed by atoms with E-state index in [0.717, 1.165) is 119 Å². The first-order valence-corrected chi connectivity index (χ1v) is 35.8. The van der Waals surface area contributed by atoms with Crippen LogP contribution >= 0.6 is 0 Å². The lowest BCUT2D eigenvalue weighted by atomic mass is 9.87. The second-order valence-corrected chi connectivity index (χ2v) is 28.0. The summed E-state index contributed by atoms with van der Waals surface area (Å²) < 4.78 is 14.2. The number of fused-ring (bicyclic) bond motifs is 5. The Hall–Kier alpha value is -11.2. The highest BCUT2D eigenvalue weighted by Gasteiger charge is 2.45. The number of methoxy groups -OCH3 is 1. The molecule has 550 valence electrons. The minimum atomic E-state index is -1.83. The number of ketones is 1. The van der Waals surface area contributed by atoms with Gasteiger partial charge in [-0.05, 0) is 122 Å². The third kappa shape index (κ3) is 15.4. The second kappa shape index (κ2) is 31.3. The number of H-pyrrole nitrogens is 1. The van der Waals surface area contributed by atoms with E-state index in [0.29, 0.717) is 52.3 Å². The Balaban J connectivity index is 0.596. The molecule has 27 nitrogen and oxygen atoms in total. The number of aryl methyl sites for hydroxylation is 1. The van der Waals surface area contributed by atoms with E-state index in [1.807, 2.05) is 103 Å². The third-order valence-corrected chi connectivity index (χ3v) is 21.0. The van der Waals surface area contributed by atoms with E-state index in [4.69, 9.17) is 19.4 Å². The number of urea groups is 1. The van der Waals surface area contributed by atoms with Crippen LogP contribution in [-0.2, 0) is 50.9 Å². The van der Waals surface area contributed by atoms with E-state index in [-0.39, 0.29) is 43.2 Å². The first-order valence-electron chi connectivity index (χ1n) is 35.8. The number of imide groups is 1. The number of ether oxygens (including phenoxy) is 2. The predicted octanol–water partition coefficient (Wildman–Crippen LogP) is 5.31. The van der Waals surface area contributed by atoms with Gasteiger partial charge in [0, 0.05) is 104 Å². The molecule has 3 saturated heterocycles. The number of likely N-dealkylation sites (tertiary alicyclic amines) is 1. The monoisotopic (exact) mass is 1440 g/mol. The molecular formula is C79H85N13O14. The lowest BCUT2D eigenvalue weighted by Crippen LogP contribution is -2.59. The fourth-order valence-corrected chi connectivity index (χ4v) is 14.8. The van der Waals surface area contributed by atoms with Crippen LogP contribution in [0.3, 0.4) is 0 Å². The van der Waals surface area contributed by atoms with Gasteiger partial charge in [0.05, 0.1) is 56.3 Å². The number of aromatic nitrogens is 4. The van der Waals surface area contributed by atoms with Crippen LogP contribution in [0.15, 0.2) is 139 Å². The fraction of sp³-hybridized carbons (Fsp3) is 0.380. The van der Waals surface area contributed by atoms with Gasteiger partial charge in [-0.1, -0.05) is 96.8 Å². The largest absolute Gasteiger partial charge is 0.495 e. The number of amides is 7. The molecule has 3 aliphatic heterocycles. The summed E-state index contributed by atoms with van der Waals surface area (Å²) in [5.41, 5.74) is 7.24. The summed E-state index contributed by atoms with van der Waals surface area (Å²) in [6, 6.07) is 32.5. The number of nitrogens with one attached hydrogen (secondary N) is 6. The molecule has 0 spiro atoms. The summed E-state index contributed by atoms with van der Waals surface area (Å²) in [6.07, 6.45) is 7.54. The van der Waals surface area contributed by atoms with Crippen LogP contribution in [-0.4, -0.2) is 194 Å². The van der Waals surface area contributed by atoms with Crippen LogP contribution in [0.2, 0.25) is 0 Å². The summed E-state index contributed by atoms with van der Waals surface area (Å²) in [6.45, 7) is 4.87. The Bertz CT molecular complexity index is 4810. The van der Waals surface area contributed by atoms with Gasteiger partial charge >= 0.3 is 12.0 Å². The smallest absolute Gasteiger partial charge is 0.332 e. The summed E-state index contributed by atoms with van der Waals surface area (Å²) in [5.74, 6) is -0.412.